The Labute approximate surface area is 157 Å². The number of nitrogens with one attached hydrogen (secondary N) is 1. The third-order valence-corrected chi connectivity index (χ3v) is 4.95. The number of halogens is 1. The van der Waals surface area contributed by atoms with Crippen molar-refractivity contribution in [3.63, 3.8) is 0 Å². The molecular formula is C18H21FN2O5S. The number of amides is 1. The Morgan fingerprint density at radius 3 is 2.44 bits per heavy atom. The van der Waals surface area contributed by atoms with Crippen molar-refractivity contribution in [2.24, 2.45) is 0 Å². The highest BCUT2D eigenvalue weighted by atomic mass is 32.2. The molecule has 0 unspecified atom stereocenters. The molecule has 0 radical (unpaired) electrons. The van der Waals surface area contributed by atoms with E-state index in [1.807, 2.05) is 0 Å². The van der Waals surface area contributed by atoms with Crippen molar-refractivity contribution in [2.45, 2.75) is 0 Å². The van der Waals surface area contributed by atoms with Crippen LogP contribution >= 0.6 is 0 Å². The molecule has 0 aromatic heterocycles. The summed E-state index contributed by atoms with van der Waals surface area (Å²) in [5.41, 5.74) is 0.200. The number of anilines is 1. The fraction of sp³-hybridized carbons (Fsp3) is 0.278. The minimum Gasteiger partial charge on any atom is -0.497 e. The van der Waals surface area contributed by atoms with Gasteiger partial charge in [0.05, 0.1) is 38.3 Å². The third kappa shape index (κ3) is 5.10. The second-order valence-electron chi connectivity index (χ2n) is 5.61. The predicted molar refractivity (Wildman–Crippen MR) is 100 cm³/mol. The normalized spacial score (nSPS) is 11.0. The molecule has 0 aliphatic rings. The molecule has 2 aromatic rings. The fourth-order valence-electron chi connectivity index (χ4n) is 2.47. The SMILES string of the molecule is COc1ccc(N(CCNC(=O)c2ccccc2F)S(C)(=O)=O)c(OC)c1. The van der Waals surface area contributed by atoms with Gasteiger partial charge in [-0.25, -0.2) is 12.8 Å². The molecule has 0 saturated heterocycles. The average molecular weight is 396 g/mol. The Balaban J connectivity index is 2.17. The summed E-state index contributed by atoms with van der Waals surface area (Å²) in [7, 11) is -0.751. The number of nitrogens with zero attached hydrogens (tertiary/aromatic N) is 1. The van der Waals surface area contributed by atoms with Crippen LogP contribution in [-0.4, -0.2) is 47.9 Å². The van der Waals surface area contributed by atoms with E-state index in [1.54, 1.807) is 24.3 Å². The first-order valence-corrected chi connectivity index (χ1v) is 9.85. The van der Waals surface area contributed by atoms with E-state index >= 15 is 0 Å². The van der Waals surface area contributed by atoms with Gasteiger partial charge in [-0.15, -0.1) is 0 Å². The highest BCUT2D eigenvalue weighted by Gasteiger charge is 2.22. The van der Waals surface area contributed by atoms with Gasteiger partial charge >= 0.3 is 0 Å². The Bertz CT molecular complexity index is 918. The third-order valence-electron chi connectivity index (χ3n) is 3.77. The molecule has 2 rings (SSSR count). The molecule has 0 aliphatic carbocycles. The van der Waals surface area contributed by atoms with E-state index in [9.17, 15) is 17.6 Å². The highest BCUT2D eigenvalue weighted by Crippen LogP contribution is 2.33. The molecule has 0 spiro atoms. The zero-order chi connectivity index (χ0) is 20.0. The molecule has 7 nitrogen and oxygen atoms in total. The van der Waals surface area contributed by atoms with Gasteiger partial charge in [-0.2, -0.15) is 0 Å². The van der Waals surface area contributed by atoms with Gasteiger partial charge in [0.15, 0.2) is 0 Å². The van der Waals surface area contributed by atoms with Crippen LogP contribution in [0.15, 0.2) is 42.5 Å². The summed E-state index contributed by atoms with van der Waals surface area (Å²) in [4.78, 5) is 12.1. The number of sulfonamides is 1. The van der Waals surface area contributed by atoms with Crippen molar-refractivity contribution in [2.75, 3.05) is 37.9 Å². The number of ether oxygens (including phenoxy) is 2. The zero-order valence-corrected chi connectivity index (χ0v) is 16.0. The van der Waals surface area contributed by atoms with Crippen molar-refractivity contribution >= 4 is 21.6 Å². The second kappa shape index (κ2) is 8.72. The number of methoxy groups -OCH3 is 2. The lowest BCUT2D eigenvalue weighted by molar-refractivity contribution is 0.0951. The van der Waals surface area contributed by atoms with Gasteiger partial charge in [0, 0.05) is 12.6 Å². The number of hydrogen-bond acceptors (Lipinski definition) is 5. The smallest absolute Gasteiger partial charge is 0.254 e. The van der Waals surface area contributed by atoms with Crippen LogP contribution in [0.4, 0.5) is 10.1 Å². The van der Waals surface area contributed by atoms with Crippen molar-refractivity contribution in [1.29, 1.82) is 0 Å². The maximum Gasteiger partial charge on any atom is 0.254 e. The lowest BCUT2D eigenvalue weighted by Gasteiger charge is -2.24. The minimum absolute atomic E-state index is 0.0184. The van der Waals surface area contributed by atoms with Gasteiger partial charge in [-0.05, 0) is 24.3 Å². The molecule has 0 bridgehead atoms. The van der Waals surface area contributed by atoms with Crippen LogP contribution in [0.5, 0.6) is 11.5 Å². The Morgan fingerprint density at radius 2 is 1.85 bits per heavy atom. The van der Waals surface area contributed by atoms with Crippen LogP contribution in [0.2, 0.25) is 0 Å². The number of benzene rings is 2. The molecule has 9 heteroatoms. The molecule has 0 aliphatic heterocycles. The van der Waals surface area contributed by atoms with E-state index in [4.69, 9.17) is 9.47 Å². The summed E-state index contributed by atoms with van der Waals surface area (Å²) in [6.45, 7) is -0.0723. The summed E-state index contributed by atoms with van der Waals surface area (Å²) in [6.07, 6.45) is 1.05. The number of hydrogen-bond donors (Lipinski definition) is 1. The largest absolute Gasteiger partial charge is 0.497 e. The van der Waals surface area contributed by atoms with E-state index in [1.165, 1.54) is 32.4 Å². The van der Waals surface area contributed by atoms with E-state index in [0.717, 1.165) is 10.6 Å². The quantitative estimate of drug-likeness (QED) is 0.738. The molecule has 0 fully saturated rings. The molecule has 1 amide bonds. The lowest BCUT2D eigenvalue weighted by atomic mass is 10.2. The Hall–Kier alpha value is -2.81. The van der Waals surface area contributed by atoms with Gasteiger partial charge in [0.1, 0.15) is 17.3 Å². The van der Waals surface area contributed by atoms with Crippen LogP contribution in [-0.2, 0) is 10.0 Å². The molecule has 0 heterocycles. The summed E-state index contributed by atoms with van der Waals surface area (Å²) in [6, 6.07) is 10.3. The van der Waals surface area contributed by atoms with E-state index in [-0.39, 0.29) is 18.7 Å². The molecule has 1 N–H and O–H groups in total. The van der Waals surface area contributed by atoms with Gasteiger partial charge < -0.3 is 14.8 Å². The maximum atomic E-state index is 13.7. The summed E-state index contributed by atoms with van der Waals surface area (Å²) >= 11 is 0. The monoisotopic (exact) mass is 396 g/mol. The van der Waals surface area contributed by atoms with Gasteiger partial charge in [0.2, 0.25) is 10.0 Å². The van der Waals surface area contributed by atoms with Crippen LogP contribution in [0.1, 0.15) is 10.4 Å². The van der Waals surface area contributed by atoms with E-state index < -0.39 is 21.7 Å². The molecule has 146 valence electrons. The first-order valence-electron chi connectivity index (χ1n) is 8.00. The number of carbonyl (C=O) groups is 1. The first-order chi connectivity index (χ1) is 12.8. The van der Waals surface area contributed by atoms with Crippen molar-refractivity contribution < 1.29 is 27.1 Å². The van der Waals surface area contributed by atoms with E-state index in [0.29, 0.717) is 17.2 Å². The van der Waals surface area contributed by atoms with E-state index in [2.05, 4.69) is 5.32 Å². The summed E-state index contributed by atoms with van der Waals surface area (Å²) < 4.78 is 49.6. The average Bonchev–Trinajstić information content (AvgIpc) is 2.64. The molecule has 0 saturated carbocycles. The zero-order valence-electron chi connectivity index (χ0n) is 15.2. The van der Waals surface area contributed by atoms with Crippen LogP contribution in [0, 0.1) is 5.82 Å². The topological polar surface area (TPSA) is 84.9 Å². The minimum atomic E-state index is -3.65. The first kappa shape index (κ1) is 20.5. The molecule has 0 atom stereocenters. The van der Waals surface area contributed by atoms with Crippen molar-refractivity contribution in [3.8, 4) is 11.5 Å². The Kier molecular flexibility index (Phi) is 6.62. The summed E-state index contributed by atoms with van der Waals surface area (Å²) in [5.74, 6) is -0.452. The van der Waals surface area contributed by atoms with Gasteiger partial charge in [-0.1, -0.05) is 12.1 Å². The molecule has 27 heavy (non-hydrogen) atoms. The van der Waals surface area contributed by atoms with Crippen molar-refractivity contribution in [3.05, 3.63) is 53.8 Å². The Morgan fingerprint density at radius 1 is 1.15 bits per heavy atom. The van der Waals surface area contributed by atoms with Crippen LogP contribution < -0.4 is 19.1 Å². The van der Waals surface area contributed by atoms with Crippen LogP contribution in [0.3, 0.4) is 0 Å². The highest BCUT2D eigenvalue weighted by molar-refractivity contribution is 7.92. The molecule has 2 aromatic carbocycles. The number of rotatable bonds is 8. The van der Waals surface area contributed by atoms with Crippen molar-refractivity contribution in [1.82, 2.24) is 5.32 Å². The number of carbonyl (C=O) groups excluding carboxylic acids is 1. The molecular weight excluding hydrogens is 375 g/mol. The van der Waals surface area contributed by atoms with Gasteiger partial charge in [-0.3, -0.25) is 9.10 Å². The second-order valence-corrected chi connectivity index (χ2v) is 7.52. The standard InChI is InChI=1S/C18H21FN2O5S/c1-25-13-8-9-16(17(12-13)26-2)21(27(3,23)24)11-10-20-18(22)14-6-4-5-7-15(14)19/h4-9,12H,10-11H2,1-3H3,(H,20,22). The van der Waals surface area contributed by atoms with Gasteiger partial charge in [0.25, 0.3) is 5.91 Å². The lowest BCUT2D eigenvalue weighted by Crippen LogP contribution is -2.38. The predicted octanol–water partition coefficient (Wildman–Crippen LogP) is 2.04. The fourth-order valence-corrected chi connectivity index (χ4v) is 3.40. The maximum absolute atomic E-state index is 13.7. The summed E-state index contributed by atoms with van der Waals surface area (Å²) in [5, 5.41) is 2.52. The van der Waals surface area contributed by atoms with Crippen LogP contribution in [0.25, 0.3) is 0 Å².